The average Bonchev–Trinajstić information content (AvgIpc) is 2.88. The van der Waals surface area contributed by atoms with Crippen LogP contribution in [-0.4, -0.2) is 35.2 Å². The van der Waals surface area contributed by atoms with E-state index >= 15 is 0 Å². The number of hydrogen-bond donors (Lipinski definition) is 1. The van der Waals surface area contributed by atoms with Gasteiger partial charge in [-0.25, -0.2) is 0 Å². The third kappa shape index (κ3) is 3.00. The van der Waals surface area contributed by atoms with Crippen molar-refractivity contribution in [2.24, 2.45) is 18.7 Å². The Morgan fingerprint density at radius 1 is 1.43 bits per heavy atom. The molecule has 2 unspecified atom stereocenters. The number of aromatic nitrogens is 2. The van der Waals surface area contributed by atoms with E-state index in [1.807, 2.05) is 11.7 Å². The number of nitrogens with two attached hydrogens (primary N) is 1. The summed E-state index contributed by atoms with van der Waals surface area (Å²) in [7, 11) is 2.00. The maximum atomic E-state index is 6.58. The average molecular weight is 293 g/mol. The molecule has 0 saturated carbocycles. The molecular weight excluding hydrogens is 266 g/mol. The molecule has 21 heavy (non-hydrogen) atoms. The van der Waals surface area contributed by atoms with Crippen LogP contribution in [0.2, 0.25) is 0 Å². The lowest BCUT2D eigenvalue weighted by atomic mass is 9.77. The Morgan fingerprint density at radius 2 is 2.19 bits per heavy atom. The summed E-state index contributed by atoms with van der Waals surface area (Å²) in [4.78, 5) is 0. The first-order valence-electron chi connectivity index (χ1n) is 8.14. The summed E-state index contributed by atoms with van der Waals surface area (Å²) in [5.74, 6) is 0.469. The van der Waals surface area contributed by atoms with Gasteiger partial charge in [-0.2, -0.15) is 5.10 Å². The lowest BCUT2D eigenvalue weighted by Crippen LogP contribution is -2.46. The smallest absolute Gasteiger partial charge is 0.0729 e. The molecule has 0 bridgehead atoms. The molecule has 0 amide bonds. The predicted molar refractivity (Wildman–Crippen MR) is 81.0 cm³/mol. The van der Waals surface area contributed by atoms with Gasteiger partial charge in [-0.3, -0.25) is 4.68 Å². The van der Waals surface area contributed by atoms with Crippen molar-refractivity contribution in [3.05, 3.63) is 17.5 Å². The summed E-state index contributed by atoms with van der Waals surface area (Å²) in [6.07, 6.45) is 5.04. The fourth-order valence-corrected chi connectivity index (χ4v) is 3.73. The Balaban J connectivity index is 1.74. The summed E-state index contributed by atoms with van der Waals surface area (Å²) in [6, 6.07) is 2.21. The van der Waals surface area contributed by atoms with Crippen LogP contribution in [0.4, 0.5) is 0 Å². The second-order valence-corrected chi connectivity index (χ2v) is 6.46. The van der Waals surface area contributed by atoms with Crippen molar-refractivity contribution in [3.8, 4) is 0 Å². The Hall–Kier alpha value is -0.910. The van der Waals surface area contributed by atoms with Crippen molar-refractivity contribution in [1.29, 1.82) is 0 Å². The first kappa shape index (κ1) is 15.0. The highest BCUT2D eigenvalue weighted by molar-refractivity contribution is 5.15. The van der Waals surface area contributed by atoms with E-state index in [4.69, 9.17) is 15.2 Å². The minimum Gasteiger partial charge on any atom is -0.381 e. The fraction of sp³-hybridized carbons (Fsp3) is 0.812. The molecule has 2 atom stereocenters. The molecule has 3 rings (SSSR count). The molecule has 2 N–H and O–H groups in total. The van der Waals surface area contributed by atoms with Crippen LogP contribution in [0.1, 0.15) is 50.0 Å². The van der Waals surface area contributed by atoms with Crippen molar-refractivity contribution < 1.29 is 9.47 Å². The van der Waals surface area contributed by atoms with E-state index in [1.165, 1.54) is 0 Å². The van der Waals surface area contributed by atoms with Crippen LogP contribution in [0.5, 0.6) is 0 Å². The highest BCUT2D eigenvalue weighted by Crippen LogP contribution is 2.41. The van der Waals surface area contributed by atoms with Crippen LogP contribution in [0.15, 0.2) is 6.07 Å². The van der Waals surface area contributed by atoms with Gasteiger partial charge in [0.2, 0.25) is 0 Å². The fourth-order valence-electron chi connectivity index (χ4n) is 3.73. The van der Waals surface area contributed by atoms with E-state index in [2.05, 4.69) is 18.1 Å². The summed E-state index contributed by atoms with van der Waals surface area (Å²) < 4.78 is 13.6. The van der Waals surface area contributed by atoms with E-state index in [-0.39, 0.29) is 11.6 Å². The summed E-state index contributed by atoms with van der Waals surface area (Å²) in [5, 5.41) is 4.53. The molecule has 0 aromatic carbocycles. The van der Waals surface area contributed by atoms with Crippen LogP contribution >= 0.6 is 0 Å². The molecule has 0 aliphatic carbocycles. The monoisotopic (exact) mass is 293 g/mol. The molecule has 2 aliphatic rings. The van der Waals surface area contributed by atoms with Crippen molar-refractivity contribution in [2.75, 3.05) is 19.8 Å². The molecule has 5 heteroatoms. The Labute approximate surface area is 126 Å². The van der Waals surface area contributed by atoms with Crippen LogP contribution in [0, 0.1) is 5.92 Å². The second-order valence-electron chi connectivity index (χ2n) is 6.46. The maximum absolute atomic E-state index is 6.58. The van der Waals surface area contributed by atoms with E-state index in [9.17, 15) is 0 Å². The quantitative estimate of drug-likeness (QED) is 0.925. The zero-order valence-corrected chi connectivity index (χ0v) is 13.2. The lowest BCUT2D eigenvalue weighted by Gasteiger charge is -2.44. The maximum Gasteiger partial charge on any atom is 0.0729 e. The Morgan fingerprint density at radius 3 is 2.86 bits per heavy atom. The molecule has 3 heterocycles. The van der Waals surface area contributed by atoms with Crippen LogP contribution in [0.25, 0.3) is 0 Å². The number of aryl methyl sites for hydroxylation is 2. The Bertz CT molecular complexity index is 474. The van der Waals surface area contributed by atoms with Gasteiger partial charge in [0, 0.05) is 32.9 Å². The number of rotatable bonds is 3. The third-order valence-electron chi connectivity index (χ3n) is 5.11. The summed E-state index contributed by atoms with van der Waals surface area (Å²) in [5.41, 5.74) is 8.86. The molecule has 1 spiro atoms. The van der Waals surface area contributed by atoms with Gasteiger partial charge in [0.15, 0.2) is 0 Å². The SMILES string of the molecule is CCc1cc(C(N)C2CCOC3(CCOCC3)C2)n(C)n1. The van der Waals surface area contributed by atoms with Gasteiger partial charge in [-0.1, -0.05) is 6.92 Å². The van der Waals surface area contributed by atoms with Gasteiger partial charge in [-0.05, 0) is 44.1 Å². The zero-order chi connectivity index (χ0) is 14.9. The highest BCUT2D eigenvalue weighted by Gasteiger charge is 2.41. The van der Waals surface area contributed by atoms with E-state index in [1.54, 1.807) is 0 Å². The van der Waals surface area contributed by atoms with E-state index < -0.39 is 0 Å². The third-order valence-corrected chi connectivity index (χ3v) is 5.11. The molecule has 1 aromatic rings. The second kappa shape index (κ2) is 6.07. The normalized spacial score (nSPS) is 26.9. The van der Waals surface area contributed by atoms with Gasteiger partial charge in [-0.15, -0.1) is 0 Å². The van der Waals surface area contributed by atoms with Crippen LogP contribution in [-0.2, 0) is 22.9 Å². The number of nitrogens with zero attached hydrogens (tertiary/aromatic N) is 2. The predicted octanol–water partition coefficient (Wildman–Crippen LogP) is 1.96. The van der Waals surface area contributed by atoms with E-state index in [0.717, 1.165) is 63.3 Å². The van der Waals surface area contributed by atoms with Crippen molar-refractivity contribution in [3.63, 3.8) is 0 Å². The Kier molecular flexibility index (Phi) is 4.33. The summed E-state index contributed by atoms with van der Waals surface area (Å²) in [6.45, 7) is 4.57. The topological polar surface area (TPSA) is 62.3 Å². The van der Waals surface area contributed by atoms with Crippen molar-refractivity contribution in [1.82, 2.24) is 9.78 Å². The molecule has 0 radical (unpaired) electrons. The van der Waals surface area contributed by atoms with Gasteiger partial charge in [0.05, 0.1) is 17.0 Å². The lowest BCUT2D eigenvalue weighted by molar-refractivity contribution is -0.149. The first-order valence-corrected chi connectivity index (χ1v) is 8.14. The van der Waals surface area contributed by atoms with Gasteiger partial charge in [0.1, 0.15) is 0 Å². The molecular formula is C16H27N3O2. The minimum absolute atomic E-state index is 0.00493. The number of hydrogen-bond acceptors (Lipinski definition) is 4. The molecule has 5 nitrogen and oxygen atoms in total. The zero-order valence-electron chi connectivity index (χ0n) is 13.2. The molecule has 1 aromatic heterocycles. The minimum atomic E-state index is 0.00493. The standard InChI is InChI=1S/C16H27N3O2/c1-3-13-10-14(19(2)18-13)15(17)12-4-7-21-16(11-12)5-8-20-9-6-16/h10,12,15H,3-9,11,17H2,1-2H3. The van der Waals surface area contributed by atoms with Crippen LogP contribution in [0.3, 0.4) is 0 Å². The first-order chi connectivity index (χ1) is 10.1. The molecule has 2 aliphatic heterocycles. The highest BCUT2D eigenvalue weighted by atomic mass is 16.5. The number of ether oxygens (including phenoxy) is 2. The van der Waals surface area contributed by atoms with Crippen molar-refractivity contribution >= 4 is 0 Å². The van der Waals surface area contributed by atoms with Crippen LogP contribution < -0.4 is 5.73 Å². The van der Waals surface area contributed by atoms with Gasteiger partial charge in [0.25, 0.3) is 0 Å². The molecule has 2 saturated heterocycles. The largest absolute Gasteiger partial charge is 0.381 e. The van der Waals surface area contributed by atoms with Gasteiger partial charge >= 0.3 is 0 Å². The molecule has 2 fully saturated rings. The van der Waals surface area contributed by atoms with Gasteiger partial charge < -0.3 is 15.2 Å². The molecule has 118 valence electrons. The van der Waals surface area contributed by atoms with E-state index in [0.29, 0.717) is 5.92 Å². The summed E-state index contributed by atoms with van der Waals surface area (Å²) >= 11 is 0. The van der Waals surface area contributed by atoms with Crippen molar-refractivity contribution in [2.45, 2.75) is 50.7 Å².